The maximum absolute atomic E-state index is 12.5. The van der Waals surface area contributed by atoms with Gasteiger partial charge in [-0.25, -0.2) is 8.42 Å². The van der Waals surface area contributed by atoms with Crippen LogP contribution in [0, 0.1) is 5.92 Å². The number of hydrogen-bond acceptors (Lipinski definition) is 5. The van der Waals surface area contributed by atoms with Gasteiger partial charge in [0.2, 0.25) is 9.84 Å². The molecule has 7 heteroatoms. The van der Waals surface area contributed by atoms with E-state index in [4.69, 9.17) is 0 Å². The quantitative estimate of drug-likeness (QED) is 0.658. The molecule has 0 saturated heterocycles. The highest BCUT2D eigenvalue weighted by molar-refractivity contribution is 7.91. The molecule has 0 radical (unpaired) electrons. The Hall–Kier alpha value is -1.76. The molecule has 23 heavy (non-hydrogen) atoms. The fraction of sp³-hybridized carbons (Fsp3) is 0.562. The van der Waals surface area contributed by atoms with Crippen LogP contribution in [0.5, 0.6) is 0 Å². The molecule has 1 aromatic carbocycles. The molecule has 0 N–H and O–H groups in total. The molecule has 6 nitrogen and oxygen atoms in total. The number of hydrogen-bond donors (Lipinski definition) is 0. The van der Waals surface area contributed by atoms with Crippen molar-refractivity contribution >= 4 is 9.84 Å². The third-order valence-corrected chi connectivity index (χ3v) is 5.66. The molecule has 1 aromatic heterocycles. The summed E-state index contributed by atoms with van der Waals surface area (Å²) >= 11 is 0. The summed E-state index contributed by atoms with van der Waals surface area (Å²) in [6.07, 6.45) is 4.94. The lowest BCUT2D eigenvalue weighted by atomic mass is 10.0. The van der Waals surface area contributed by atoms with E-state index in [2.05, 4.69) is 29.4 Å². The molecule has 2 rings (SSSR count). The first-order chi connectivity index (χ1) is 11.0. The standard InChI is InChI=1S/C16H24N4O2S/c1-3-14(2)10-6-5-9-13-23(21,22)16-17-18-19-20(16)15-11-7-4-8-12-15/h4,7-8,11-12,14H,3,5-6,9-10,13H2,1-2H3/t14-/m0/s1. The van der Waals surface area contributed by atoms with E-state index in [1.54, 1.807) is 12.1 Å². The summed E-state index contributed by atoms with van der Waals surface area (Å²) in [5, 5.41) is 11.0. The number of sulfone groups is 1. The summed E-state index contributed by atoms with van der Waals surface area (Å²) in [6.45, 7) is 4.41. The number of rotatable bonds is 9. The van der Waals surface area contributed by atoms with Crippen molar-refractivity contribution in [2.45, 2.75) is 51.1 Å². The minimum Gasteiger partial charge on any atom is -0.220 e. The Labute approximate surface area is 137 Å². The Bertz CT molecular complexity index is 698. The maximum Gasteiger partial charge on any atom is 0.272 e. The first kappa shape index (κ1) is 17.6. The van der Waals surface area contributed by atoms with E-state index in [-0.39, 0.29) is 10.9 Å². The molecule has 0 saturated carbocycles. The van der Waals surface area contributed by atoms with Crippen LogP contribution in [-0.4, -0.2) is 34.4 Å². The van der Waals surface area contributed by atoms with E-state index in [0.29, 0.717) is 18.0 Å². The second-order valence-corrected chi connectivity index (χ2v) is 7.89. The van der Waals surface area contributed by atoms with Gasteiger partial charge < -0.3 is 0 Å². The monoisotopic (exact) mass is 336 g/mol. The first-order valence-electron chi connectivity index (χ1n) is 8.11. The van der Waals surface area contributed by atoms with Gasteiger partial charge in [-0.2, -0.15) is 4.68 Å². The lowest BCUT2D eigenvalue weighted by molar-refractivity contribution is 0.481. The third kappa shape index (κ3) is 4.86. The SMILES string of the molecule is CC[C@H](C)CCCCCS(=O)(=O)c1nnnn1-c1ccccc1. The zero-order chi connectivity index (χ0) is 16.7. The maximum atomic E-state index is 12.5. The van der Waals surface area contributed by atoms with Gasteiger partial charge in [-0.3, -0.25) is 0 Å². The van der Waals surface area contributed by atoms with Crippen molar-refractivity contribution in [1.29, 1.82) is 0 Å². The second kappa shape index (κ2) is 8.19. The molecule has 0 aliphatic carbocycles. The first-order valence-corrected chi connectivity index (χ1v) is 9.76. The minimum absolute atomic E-state index is 0.0781. The van der Waals surface area contributed by atoms with Crippen LogP contribution < -0.4 is 0 Å². The molecular weight excluding hydrogens is 312 g/mol. The Morgan fingerprint density at radius 2 is 1.87 bits per heavy atom. The fourth-order valence-corrected chi connectivity index (χ4v) is 3.69. The molecule has 0 bridgehead atoms. The summed E-state index contributed by atoms with van der Waals surface area (Å²) in [5.41, 5.74) is 0.646. The van der Waals surface area contributed by atoms with Crippen molar-refractivity contribution in [2.24, 2.45) is 5.92 Å². The highest BCUT2D eigenvalue weighted by Crippen LogP contribution is 2.16. The van der Waals surface area contributed by atoms with Gasteiger partial charge >= 0.3 is 0 Å². The van der Waals surface area contributed by atoms with Crippen LogP contribution >= 0.6 is 0 Å². The summed E-state index contributed by atoms with van der Waals surface area (Å²) in [4.78, 5) is 0. The van der Waals surface area contributed by atoms with Gasteiger partial charge in [0.05, 0.1) is 11.4 Å². The molecule has 126 valence electrons. The highest BCUT2D eigenvalue weighted by Gasteiger charge is 2.23. The normalized spacial score (nSPS) is 13.1. The van der Waals surface area contributed by atoms with E-state index in [1.807, 2.05) is 18.2 Å². The average molecular weight is 336 g/mol. The molecule has 0 aliphatic rings. The van der Waals surface area contributed by atoms with Gasteiger partial charge in [0.25, 0.3) is 5.16 Å². The molecule has 0 aliphatic heterocycles. The minimum atomic E-state index is -3.48. The van der Waals surface area contributed by atoms with Gasteiger partial charge in [-0.15, -0.1) is 0 Å². The number of tetrazole rings is 1. The Balaban J connectivity index is 1.97. The van der Waals surface area contributed by atoms with E-state index in [0.717, 1.165) is 19.3 Å². The van der Waals surface area contributed by atoms with Crippen molar-refractivity contribution in [3.8, 4) is 5.69 Å². The van der Waals surface area contributed by atoms with E-state index in [1.165, 1.54) is 11.1 Å². The van der Waals surface area contributed by atoms with Gasteiger partial charge in [-0.1, -0.05) is 62.8 Å². The summed E-state index contributed by atoms with van der Waals surface area (Å²) in [6, 6.07) is 9.06. The van der Waals surface area contributed by atoms with Crippen molar-refractivity contribution in [1.82, 2.24) is 20.2 Å². The molecule has 2 aromatic rings. The van der Waals surface area contributed by atoms with Crippen LogP contribution in [0.15, 0.2) is 35.5 Å². The predicted octanol–water partition coefficient (Wildman–Crippen LogP) is 3.04. The van der Waals surface area contributed by atoms with Crippen LogP contribution in [-0.2, 0) is 9.84 Å². The number of benzene rings is 1. The number of unbranched alkanes of at least 4 members (excludes halogenated alkanes) is 2. The lowest BCUT2D eigenvalue weighted by Gasteiger charge is -2.08. The highest BCUT2D eigenvalue weighted by atomic mass is 32.2. The summed E-state index contributed by atoms with van der Waals surface area (Å²) in [7, 11) is -3.48. The fourth-order valence-electron chi connectivity index (χ4n) is 2.36. The molecule has 0 amide bonds. The topological polar surface area (TPSA) is 77.7 Å². The molecule has 0 spiro atoms. The molecule has 1 heterocycles. The predicted molar refractivity (Wildman–Crippen MR) is 89.1 cm³/mol. The zero-order valence-corrected chi connectivity index (χ0v) is 14.5. The van der Waals surface area contributed by atoms with Crippen LogP contribution in [0.1, 0.15) is 46.0 Å². The van der Waals surface area contributed by atoms with Crippen LogP contribution in [0.3, 0.4) is 0 Å². The van der Waals surface area contributed by atoms with Crippen molar-refractivity contribution < 1.29 is 8.42 Å². The Morgan fingerprint density at radius 3 is 2.57 bits per heavy atom. The van der Waals surface area contributed by atoms with Gasteiger partial charge in [-0.05, 0) is 34.9 Å². The molecule has 0 fully saturated rings. The van der Waals surface area contributed by atoms with Crippen LogP contribution in [0.25, 0.3) is 5.69 Å². The average Bonchev–Trinajstić information content (AvgIpc) is 3.05. The second-order valence-electron chi connectivity index (χ2n) is 5.89. The van der Waals surface area contributed by atoms with E-state index in [9.17, 15) is 8.42 Å². The van der Waals surface area contributed by atoms with Gasteiger partial charge in [0, 0.05) is 0 Å². The number of aromatic nitrogens is 4. The number of nitrogens with zero attached hydrogens (tertiary/aromatic N) is 4. The van der Waals surface area contributed by atoms with Gasteiger partial charge in [0.1, 0.15) is 0 Å². The Morgan fingerprint density at radius 1 is 1.13 bits per heavy atom. The van der Waals surface area contributed by atoms with E-state index < -0.39 is 9.84 Å². The number of para-hydroxylation sites is 1. The van der Waals surface area contributed by atoms with Crippen molar-refractivity contribution in [3.05, 3.63) is 30.3 Å². The molecular formula is C16H24N4O2S. The van der Waals surface area contributed by atoms with E-state index >= 15 is 0 Å². The molecule has 0 unspecified atom stereocenters. The smallest absolute Gasteiger partial charge is 0.220 e. The third-order valence-electron chi connectivity index (χ3n) is 4.03. The van der Waals surface area contributed by atoms with Crippen LogP contribution in [0.4, 0.5) is 0 Å². The largest absolute Gasteiger partial charge is 0.272 e. The summed E-state index contributed by atoms with van der Waals surface area (Å²) in [5.74, 6) is 0.790. The zero-order valence-electron chi connectivity index (χ0n) is 13.7. The van der Waals surface area contributed by atoms with Crippen molar-refractivity contribution in [3.63, 3.8) is 0 Å². The molecule has 1 atom stereocenters. The van der Waals surface area contributed by atoms with Crippen LogP contribution in [0.2, 0.25) is 0 Å². The van der Waals surface area contributed by atoms with Gasteiger partial charge in [0.15, 0.2) is 0 Å². The van der Waals surface area contributed by atoms with Crippen molar-refractivity contribution in [2.75, 3.05) is 5.75 Å². The summed E-state index contributed by atoms with van der Waals surface area (Å²) < 4.78 is 26.2. The lowest BCUT2D eigenvalue weighted by Crippen LogP contribution is -2.14. The Kier molecular flexibility index (Phi) is 6.27.